The number of amides is 1. The maximum atomic E-state index is 12.5. The molecule has 2 N–H and O–H groups in total. The van der Waals surface area contributed by atoms with Gasteiger partial charge < -0.3 is 10.6 Å². The predicted molar refractivity (Wildman–Crippen MR) is 48.1 cm³/mol. The molecule has 1 fully saturated rings. The van der Waals surface area contributed by atoms with E-state index in [9.17, 15) is 9.18 Å². The van der Waals surface area contributed by atoms with Crippen LogP contribution in [0.3, 0.4) is 0 Å². The van der Waals surface area contributed by atoms with E-state index in [-0.39, 0.29) is 17.6 Å². The number of hydrogen-bond acceptors (Lipinski definition) is 3. The summed E-state index contributed by atoms with van der Waals surface area (Å²) in [6.45, 7) is 1.11. The Kier molecular flexibility index (Phi) is 2.17. The minimum absolute atomic E-state index is 0.0689. The summed E-state index contributed by atoms with van der Waals surface area (Å²) in [6.07, 6.45) is 1.03. The number of carbonyl (C=O) groups is 1. The fraction of sp³-hybridized carbons (Fsp3) is 0.333. The summed E-state index contributed by atoms with van der Waals surface area (Å²) in [6, 6.07) is 2.67. The van der Waals surface area contributed by atoms with Gasteiger partial charge in [-0.3, -0.25) is 4.79 Å². The second kappa shape index (κ2) is 3.34. The molecule has 1 amide bonds. The number of aromatic nitrogens is 1. The predicted octanol–water partition coefficient (Wildman–Crippen LogP) is 0.00380. The van der Waals surface area contributed by atoms with Crippen molar-refractivity contribution in [1.82, 2.24) is 9.88 Å². The fourth-order valence-corrected chi connectivity index (χ4v) is 1.34. The molecular formula is C9H10FN3O. The monoisotopic (exact) mass is 195 g/mol. The molecule has 0 spiro atoms. The van der Waals surface area contributed by atoms with Crippen LogP contribution in [-0.4, -0.2) is 34.9 Å². The zero-order valence-corrected chi connectivity index (χ0v) is 7.48. The Bertz CT molecular complexity index is 346. The summed E-state index contributed by atoms with van der Waals surface area (Å²) in [4.78, 5) is 16.9. The SMILES string of the molecule is NC1CN(C(=O)c2ccc(F)cn2)C1. The van der Waals surface area contributed by atoms with Crippen LogP contribution < -0.4 is 5.73 Å². The Morgan fingerprint density at radius 3 is 2.79 bits per heavy atom. The van der Waals surface area contributed by atoms with Crippen LogP contribution in [0.25, 0.3) is 0 Å². The first kappa shape index (κ1) is 9.08. The molecule has 0 atom stereocenters. The van der Waals surface area contributed by atoms with Gasteiger partial charge in [0, 0.05) is 19.1 Å². The number of carbonyl (C=O) groups excluding carboxylic acids is 1. The molecule has 0 unspecified atom stereocenters. The first-order valence-electron chi connectivity index (χ1n) is 4.33. The summed E-state index contributed by atoms with van der Waals surface area (Å²) in [5.41, 5.74) is 5.80. The molecular weight excluding hydrogens is 185 g/mol. The maximum Gasteiger partial charge on any atom is 0.272 e. The van der Waals surface area contributed by atoms with Gasteiger partial charge in [-0.25, -0.2) is 9.37 Å². The summed E-state index contributed by atoms with van der Waals surface area (Å²) in [5.74, 6) is -0.631. The average molecular weight is 195 g/mol. The average Bonchev–Trinajstić information content (AvgIpc) is 2.13. The second-order valence-corrected chi connectivity index (χ2v) is 3.33. The molecule has 14 heavy (non-hydrogen) atoms. The van der Waals surface area contributed by atoms with E-state index in [2.05, 4.69) is 4.98 Å². The van der Waals surface area contributed by atoms with Crippen LogP contribution in [0.5, 0.6) is 0 Å². The molecule has 2 rings (SSSR count). The van der Waals surface area contributed by atoms with Gasteiger partial charge in [0.05, 0.1) is 6.20 Å². The smallest absolute Gasteiger partial charge is 0.272 e. The quantitative estimate of drug-likeness (QED) is 0.686. The highest BCUT2D eigenvalue weighted by molar-refractivity contribution is 5.92. The lowest BCUT2D eigenvalue weighted by Crippen LogP contribution is -2.57. The molecule has 0 saturated carbocycles. The van der Waals surface area contributed by atoms with Crippen LogP contribution in [0.1, 0.15) is 10.5 Å². The molecule has 5 heteroatoms. The Morgan fingerprint density at radius 2 is 2.29 bits per heavy atom. The molecule has 1 aliphatic heterocycles. The minimum Gasteiger partial charge on any atom is -0.334 e. The van der Waals surface area contributed by atoms with Gasteiger partial charge in [-0.05, 0) is 12.1 Å². The first-order chi connectivity index (χ1) is 6.66. The molecule has 0 radical (unpaired) electrons. The summed E-state index contributed by atoms with van der Waals surface area (Å²) < 4.78 is 12.5. The van der Waals surface area contributed by atoms with Crippen molar-refractivity contribution in [3.63, 3.8) is 0 Å². The third-order valence-corrected chi connectivity index (χ3v) is 2.14. The minimum atomic E-state index is -0.443. The van der Waals surface area contributed by atoms with Crippen LogP contribution >= 0.6 is 0 Å². The summed E-state index contributed by atoms with van der Waals surface area (Å²) in [5, 5.41) is 0. The van der Waals surface area contributed by atoms with Crippen LogP contribution in [0.15, 0.2) is 18.3 Å². The fourth-order valence-electron chi connectivity index (χ4n) is 1.34. The van der Waals surface area contributed by atoms with E-state index in [0.717, 1.165) is 6.20 Å². The number of likely N-dealkylation sites (tertiary alicyclic amines) is 1. The molecule has 74 valence electrons. The van der Waals surface area contributed by atoms with Crippen molar-refractivity contribution >= 4 is 5.91 Å². The number of hydrogen-bond donors (Lipinski definition) is 1. The van der Waals surface area contributed by atoms with Gasteiger partial charge in [-0.1, -0.05) is 0 Å². The number of halogens is 1. The number of nitrogens with two attached hydrogens (primary N) is 1. The molecule has 1 aromatic rings. The largest absolute Gasteiger partial charge is 0.334 e. The highest BCUT2D eigenvalue weighted by atomic mass is 19.1. The van der Waals surface area contributed by atoms with E-state index < -0.39 is 5.82 Å². The Labute approximate surface area is 80.5 Å². The van der Waals surface area contributed by atoms with Gasteiger partial charge >= 0.3 is 0 Å². The lowest BCUT2D eigenvalue weighted by Gasteiger charge is -2.36. The van der Waals surface area contributed by atoms with Crippen molar-refractivity contribution in [2.45, 2.75) is 6.04 Å². The van der Waals surface area contributed by atoms with Gasteiger partial charge in [0.25, 0.3) is 5.91 Å². The summed E-state index contributed by atoms with van der Waals surface area (Å²) >= 11 is 0. The molecule has 2 heterocycles. The van der Waals surface area contributed by atoms with E-state index in [1.54, 1.807) is 4.90 Å². The molecule has 0 bridgehead atoms. The van der Waals surface area contributed by atoms with Gasteiger partial charge in [-0.15, -0.1) is 0 Å². The first-order valence-corrected chi connectivity index (χ1v) is 4.33. The lowest BCUT2D eigenvalue weighted by molar-refractivity contribution is 0.0602. The van der Waals surface area contributed by atoms with E-state index in [4.69, 9.17) is 5.73 Å². The molecule has 0 aliphatic carbocycles. The van der Waals surface area contributed by atoms with Crippen LogP contribution in [-0.2, 0) is 0 Å². The van der Waals surface area contributed by atoms with E-state index in [1.165, 1.54) is 12.1 Å². The third-order valence-electron chi connectivity index (χ3n) is 2.14. The Balaban J connectivity index is 2.08. The lowest BCUT2D eigenvalue weighted by atomic mass is 10.1. The zero-order valence-electron chi connectivity index (χ0n) is 7.48. The Hall–Kier alpha value is -1.49. The topological polar surface area (TPSA) is 59.2 Å². The highest BCUT2D eigenvalue weighted by Gasteiger charge is 2.28. The van der Waals surface area contributed by atoms with Crippen molar-refractivity contribution in [1.29, 1.82) is 0 Å². The van der Waals surface area contributed by atoms with E-state index in [0.29, 0.717) is 13.1 Å². The van der Waals surface area contributed by atoms with Gasteiger partial charge in [0.15, 0.2) is 0 Å². The van der Waals surface area contributed by atoms with Gasteiger partial charge in [0.2, 0.25) is 0 Å². The zero-order chi connectivity index (χ0) is 10.1. The third kappa shape index (κ3) is 1.58. The molecule has 4 nitrogen and oxygen atoms in total. The molecule has 1 saturated heterocycles. The maximum absolute atomic E-state index is 12.5. The standard InChI is InChI=1S/C9H10FN3O/c10-6-1-2-8(12-3-6)9(14)13-4-7(11)5-13/h1-3,7H,4-5,11H2. The van der Waals surface area contributed by atoms with Crippen molar-refractivity contribution in [2.75, 3.05) is 13.1 Å². The van der Waals surface area contributed by atoms with Gasteiger partial charge in [-0.2, -0.15) is 0 Å². The van der Waals surface area contributed by atoms with Crippen molar-refractivity contribution in [2.24, 2.45) is 5.73 Å². The highest BCUT2D eigenvalue weighted by Crippen LogP contribution is 2.10. The Morgan fingerprint density at radius 1 is 1.57 bits per heavy atom. The molecule has 1 aromatic heterocycles. The van der Waals surface area contributed by atoms with Crippen LogP contribution in [0.4, 0.5) is 4.39 Å². The second-order valence-electron chi connectivity index (χ2n) is 3.33. The normalized spacial score (nSPS) is 16.6. The number of pyridine rings is 1. The molecule has 1 aliphatic rings. The van der Waals surface area contributed by atoms with Crippen molar-refractivity contribution in [3.05, 3.63) is 29.8 Å². The van der Waals surface area contributed by atoms with Crippen molar-refractivity contribution < 1.29 is 9.18 Å². The van der Waals surface area contributed by atoms with Crippen molar-refractivity contribution in [3.8, 4) is 0 Å². The number of rotatable bonds is 1. The summed E-state index contributed by atoms with van der Waals surface area (Å²) in [7, 11) is 0. The number of nitrogens with zero attached hydrogens (tertiary/aromatic N) is 2. The van der Waals surface area contributed by atoms with Crippen LogP contribution in [0.2, 0.25) is 0 Å². The van der Waals surface area contributed by atoms with Crippen LogP contribution in [0, 0.1) is 5.82 Å². The van der Waals surface area contributed by atoms with E-state index in [1.807, 2.05) is 0 Å². The van der Waals surface area contributed by atoms with Gasteiger partial charge in [0.1, 0.15) is 11.5 Å². The molecule has 0 aromatic carbocycles. The van der Waals surface area contributed by atoms with E-state index >= 15 is 0 Å².